The molecule has 10 heteroatoms. The first-order valence-electron chi connectivity index (χ1n) is 8.00. The number of carbonyl (C=O) groups is 1. The Balaban J connectivity index is 1.39. The molecule has 0 saturated carbocycles. The lowest BCUT2D eigenvalue weighted by molar-refractivity contribution is 0.102. The fourth-order valence-electron chi connectivity index (χ4n) is 2.82. The van der Waals surface area contributed by atoms with Crippen molar-refractivity contribution in [3.8, 4) is 11.5 Å². The van der Waals surface area contributed by atoms with Crippen LogP contribution in [0, 0.1) is 0 Å². The van der Waals surface area contributed by atoms with Gasteiger partial charge >= 0.3 is 0 Å². The third-order valence-corrected chi connectivity index (χ3v) is 5.88. The van der Waals surface area contributed by atoms with E-state index in [9.17, 15) is 13.2 Å². The molecule has 2 aliphatic rings. The van der Waals surface area contributed by atoms with Gasteiger partial charge in [0.25, 0.3) is 5.91 Å². The van der Waals surface area contributed by atoms with Gasteiger partial charge in [0, 0.05) is 17.8 Å². The maximum absolute atomic E-state index is 12.3. The lowest BCUT2D eigenvalue weighted by Gasteiger charge is -2.11. The second-order valence-electron chi connectivity index (χ2n) is 6.07. The SMILES string of the molecule is O=C(Nc1ccc2c(c1)OCO2)c1ccc(NC2CCS(=O)(=O)C2)nn1. The molecule has 9 nitrogen and oxygen atoms in total. The third kappa shape index (κ3) is 3.54. The molecule has 1 aromatic heterocycles. The Morgan fingerprint density at radius 1 is 1.12 bits per heavy atom. The van der Waals surface area contributed by atoms with Crippen LogP contribution < -0.4 is 20.1 Å². The highest BCUT2D eigenvalue weighted by atomic mass is 32.2. The average Bonchev–Trinajstić information content (AvgIpc) is 3.21. The number of rotatable bonds is 4. The van der Waals surface area contributed by atoms with Crippen molar-refractivity contribution < 1.29 is 22.7 Å². The Kier molecular flexibility index (Phi) is 4.11. The molecule has 4 rings (SSSR count). The van der Waals surface area contributed by atoms with Crippen molar-refractivity contribution in [2.75, 3.05) is 28.9 Å². The van der Waals surface area contributed by atoms with E-state index in [0.717, 1.165) is 0 Å². The number of hydrogen-bond donors (Lipinski definition) is 2. The van der Waals surface area contributed by atoms with Crippen LogP contribution in [0.25, 0.3) is 0 Å². The van der Waals surface area contributed by atoms with Crippen LogP contribution in [0.4, 0.5) is 11.5 Å². The molecule has 1 fully saturated rings. The summed E-state index contributed by atoms with van der Waals surface area (Å²) in [4.78, 5) is 12.3. The Hall–Kier alpha value is -2.88. The highest BCUT2D eigenvalue weighted by Gasteiger charge is 2.28. The summed E-state index contributed by atoms with van der Waals surface area (Å²) in [6.07, 6.45) is 0.538. The minimum absolute atomic E-state index is 0.0844. The summed E-state index contributed by atoms with van der Waals surface area (Å²) in [6.45, 7) is 0.162. The van der Waals surface area contributed by atoms with E-state index in [1.807, 2.05) is 0 Å². The van der Waals surface area contributed by atoms with Gasteiger partial charge in [0.15, 0.2) is 27.0 Å². The second kappa shape index (κ2) is 6.45. The van der Waals surface area contributed by atoms with E-state index in [1.165, 1.54) is 6.07 Å². The van der Waals surface area contributed by atoms with Crippen molar-refractivity contribution >= 4 is 27.2 Å². The number of hydrogen-bond acceptors (Lipinski definition) is 8. The summed E-state index contributed by atoms with van der Waals surface area (Å²) in [5.41, 5.74) is 0.701. The first-order chi connectivity index (χ1) is 12.5. The van der Waals surface area contributed by atoms with Gasteiger partial charge in [-0.05, 0) is 30.7 Å². The number of ether oxygens (including phenoxy) is 2. The van der Waals surface area contributed by atoms with Crippen molar-refractivity contribution in [3.63, 3.8) is 0 Å². The van der Waals surface area contributed by atoms with Gasteiger partial charge in [0.2, 0.25) is 6.79 Å². The van der Waals surface area contributed by atoms with Gasteiger partial charge in [-0.1, -0.05) is 0 Å². The lowest BCUT2D eigenvalue weighted by Crippen LogP contribution is -2.22. The molecule has 1 amide bonds. The first-order valence-corrected chi connectivity index (χ1v) is 9.82. The summed E-state index contributed by atoms with van der Waals surface area (Å²) >= 11 is 0. The molecule has 2 aliphatic heterocycles. The van der Waals surface area contributed by atoms with Crippen molar-refractivity contribution in [2.24, 2.45) is 0 Å². The van der Waals surface area contributed by atoms with Gasteiger partial charge in [0.05, 0.1) is 11.5 Å². The molecule has 0 spiro atoms. The van der Waals surface area contributed by atoms with Crippen LogP contribution in [0.1, 0.15) is 16.9 Å². The Morgan fingerprint density at radius 3 is 2.69 bits per heavy atom. The van der Waals surface area contributed by atoms with Crippen LogP contribution in [0.2, 0.25) is 0 Å². The zero-order valence-electron chi connectivity index (χ0n) is 13.6. The fraction of sp³-hybridized carbons (Fsp3) is 0.312. The van der Waals surface area contributed by atoms with Crippen molar-refractivity contribution in [1.82, 2.24) is 10.2 Å². The van der Waals surface area contributed by atoms with Crippen LogP contribution in [0.3, 0.4) is 0 Å². The average molecular weight is 376 g/mol. The molecule has 3 heterocycles. The molecule has 0 aliphatic carbocycles. The minimum atomic E-state index is -2.97. The maximum Gasteiger partial charge on any atom is 0.276 e. The summed E-state index contributed by atoms with van der Waals surface area (Å²) in [7, 11) is -2.97. The van der Waals surface area contributed by atoms with Gasteiger partial charge in [0.1, 0.15) is 5.82 Å². The first kappa shape index (κ1) is 16.6. The van der Waals surface area contributed by atoms with E-state index < -0.39 is 15.7 Å². The maximum atomic E-state index is 12.3. The second-order valence-corrected chi connectivity index (χ2v) is 8.30. The molecule has 1 atom stereocenters. The van der Waals surface area contributed by atoms with Gasteiger partial charge in [-0.15, -0.1) is 10.2 Å². The van der Waals surface area contributed by atoms with Gasteiger partial charge in [-0.3, -0.25) is 4.79 Å². The molecular weight excluding hydrogens is 360 g/mol. The molecule has 1 saturated heterocycles. The molecule has 136 valence electrons. The van der Waals surface area contributed by atoms with E-state index in [0.29, 0.717) is 29.4 Å². The molecule has 0 radical (unpaired) electrons. The topological polar surface area (TPSA) is 120 Å². The number of aromatic nitrogens is 2. The molecular formula is C16H16N4O5S. The Bertz CT molecular complexity index is 946. The highest BCUT2D eigenvalue weighted by molar-refractivity contribution is 7.91. The number of anilines is 2. The van der Waals surface area contributed by atoms with Crippen LogP contribution in [-0.2, 0) is 9.84 Å². The lowest BCUT2D eigenvalue weighted by atomic mass is 10.2. The largest absolute Gasteiger partial charge is 0.454 e. The zero-order chi connectivity index (χ0) is 18.1. The number of amides is 1. The number of fused-ring (bicyclic) bond motifs is 1. The standard InChI is InChI=1S/C16H16N4O5S/c21-16(18-10-1-3-13-14(7-10)25-9-24-13)12-2-4-15(20-19-12)17-11-5-6-26(22,23)8-11/h1-4,7,11H,5-6,8-9H2,(H,17,20)(H,18,21). The van der Waals surface area contributed by atoms with Crippen LogP contribution in [-0.4, -0.2) is 48.9 Å². The number of carbonyl (C=O) groups excluding carboxylic acids is 1. The van der Waals surface area contributed by atoms with E-state index >= 15 is 0 Å². The van der Waals surface area contributed by atoms with Crippen molar-refractivity contribution in [2.45, 2.75) is 12.5 Å². The minimum Gasteiger partial charge on any atom is -0.454 e. The van der Waals surface area contributed by atoms with Gasteiger partial charge in [-0.2, -0.15) is 0 Å². The monoisotopic (exact) mass is 376 g/mol. The van der Waals surface area contributed by atoms with Crippen LogP contribution in [0.15, 0.2) is 30.3 Å². The van der Waals surface area contributed by atoms with Gasteiger partial charge < -0.3 is 20.1 Å². The number of sulfone groups is 1. The van der Waals surface area contributed by atoms with E-state index in [2.05, 4.69) is 20.8 Å². The van der Waals surface area contributed by atoms with E-state index in [4.69, 9.17) is 9.47 Å². The fourth-order valence-corrected chi connectivity index (χ4v) is 4.49. The summed E-state index contributed by atoms with van der Waals surface area (Å²) in [6, 6.07) is 8.04. The zero-order valence-corrected chi connectivity index (χ0v) is 14.5. The quantitative estimate of drug-likeness (QED) is 0.813. The Labute approximate surface area is 149 Å². The molecule has 0 bridgehead atoms. The highest BCUT2D eigenvalue weighted by Crippen LogP contribution is 2.34. The van der Waals surface area contributed by atoms with Crippen molar-refractivity contribution in [3.05, 3.63) is 36.0 Å². The number of nitrogens with one attached hydrogen (secondary N) is 2. The normalized spacial score (nSPS) is 19.9. The third-order valence-electron chi connectivity index (χ3n) is 4.11. The molecule has 2 aromatic rings. The van der Waals surface area contributed by atoms with E-state index in [-0.39, 0.29) is 30.0 Å². The molecule has 1 aromatic carbocycles. The summed E-state index contributed by atoms with van der Waals surface area (Å²) in [5, 5.41) is 13.6. The number of benzene rings is 1. The Morgan fingerprint density at radius 2 is 1.96 bits per heavy atom. The molecule has 26 heavy (non-hydrogen) atoms. The predicted molar refractivity (Wildman–Crippen MR) is 93.2 cm³/mol. The summed E-state index contributed by atoms with van der Waals surface area (Å²) in [5.74, 6) is 1.49. The smallest absolute Gasteiger partial charge is 0.276 e. The van der Waals surface area contributed by atoms with Gasteiger partial charge in [-0.25, -0.2) is 8.42 Å². The molecule has 1 unspecified atom stereocenters. The predicted octanol–water partition coefficient (Wildman–Crippen LogP) is 1.06. The van der Waals surface area contributed by atoms with Crippen LogP contribution in [0.5, 0.6) is 11.5 Å². The van der Waals surface area contributed by atoms with Crippen LogP contribution >= 0.6 is 0 Å². The van der Waals surface area contributed by atoms with Crippen molar-refractivity contribution in [1.29, 1.82) is 0 Å². The summed E-state index contributed by atoms with van der Waals surface area (Å²) < 4.78 is 33.4. The van der Waals surface area contributed by atoms with E-state index in [1.54, 1.807) is 24.3 Å². The molecule has 2 N–H and O–H groups in total. The number of nitrogens with zero attached hydrogens (tertiary/aromatic N) is 2.